The molecule has 1 heterocycles. The Kier molecular flexibility index (Phi) is 4.38. The van der Waals surface area contributed by atoms with E-state index < -0.39 is 5.60 Å². The second kappa shape index (κ2) is 5.23. The Labute approximate surface area is 104 Å². The van der Waals surface area contributed by atoms with Gasteiger partial charge in [0.25, 0.3) is 0 Å². The molecule has 2 unspecified atom stereocenters. The van der Waals surface area contributed by atoms with Gasteiger partial charge in [-0.25, -0.2) is 4.79 Å². The number of carbonyl (C=O) groups is 1. The number of hydrogen-bond acceptors (Lipinski definition) is 4. The van der Waals surface area contributed by atoms with E-state index in [1.54, 1.807) is 4.90 Å². The van der Waals surface area contributed by atoms with Gasteiger partial charge in [-0.3, -0.25) is 0 Å². The Morgan fingerprint density at radius 3 is 2.47 bits per heavy atom. The van der Waals surface area contributed by atoms with Crippen LogP contribution in [0.15, 0.2) is 0 Å². The Morgan fingerprint density at radius 1 is 1.41 bits per heavy atom. The molecule has 0 bridgehead atoms. The quantitative estimate of drug-likeness (QED) is 0.743. The molecule has 2 N–H and O–H groups in total. The highest BCUT2D eigenvalue weighted by molar-refractivity contribution is 5.68. The van der Waals surface area contributed by atoms with Gasteiger partial charge < -0.3 is 20.3 Å². The van der Waals surface area contributed by atoms with Gasteiger partial charge in [-0.2, -0.15) is 0 Å². The number of nitrogens with zero attached hydrogens (tertiary/aromatic N) is 2. The van der Waals surface area contributed by atoms with Crippen molar-refractivity contribution in [3.05, 3.63) is 0 Å². The fourth-order valence-electron chi connectivity index (χ4n) is 1.99. The smallest absolute Gasteiger partial charge is 0.410 e. The molecule has 0 aromatic rings. The lowest BCUT2D eigenvalue weighted by atomic mass is 10.00. The van der Waals surface area contributed by atoms with Crippen LogP contribution in [0.25, 0.3) is 0 Å². The summed E-state index contributed by atoms with van der Waals surface area (Å²) in [6.45, 7) is 6.96. The maximum absolute atomic E-state index is 11.9. The van der Waals surface area contributed by atoms with Crippen LogP contribution in [0.5, 0.6) is 0 Å². The van der Waals surface area contributed by atoms with Crippen LogP contribution in [0.2, 0.25) is 0 Å². The van der Waals surface area contributed by atoms with E-state index in [4.69, 9.17) is 10.5 Å². The van der Waals surface area contributed by atoms with Gasteiger partial charge in [0, 0.05) is 25.2 Å². The zero-order valence-corrected chi connectivity index (χ0v) is 11.6. The van der Waals surface area contributed by atoms with Crippen LogP contribution in [-0.4, -0.2) is 60.8 Å². The van der Waals surface area contributed by atoms with Crippen molar-refractivity contribution in [2.45, 2.75) is 44.9 Å². The average Bonchev–Trinajstić information content (AvgIpc) is 2.14. The Morgan fingerprint density at radius 2 is 2.00 bits per heavy atom. The molecule has 17 heavy (non-hydrogen) atoms. The van der Waals surface area contributed by atoms with E-state index in [1.165, 1.54) is 0 Å². The molecule has 0 aliphatic carbocycles. The number of carbonyl (C=O) groups excluding carboxylic acids is 1. The molecular formula is C12H25N3O2. The molecule has 0 saturated carbocycles. The van der Waals surface area contributed by atoms with Gasteiger partial charge in [0.15, 0.2) is 0 Å². The van der Waals surface area contributed by atoms with E-state index in [2.05, 4.69) is 4.90 Å². The van der Waals surface area contributed by atoms with Crippen molar-refractivity contribution in [2.75, 3.05) is 27.2 Å². The minimum absolute atomic E-state index is 0.128. The van der Waals surface area contributed by atoms with Crippen molar-refractivity contribution in [1.82, 2.24) is 9.80 Å². The third kappa shape index (κ3) is 4.16. The van der Waals surface area contributed by atoms with Gasteiger partial charge in [0.1, 0.15) is 5.60 Å². The maximum Gasteiger partial charge on any atom is 0.410 e. The summed E-state index contributed by atoms with van der Waals surface area (Å²) in [5.41, 5.74) is 5.61. The molecule has 1 saturated heterocycles. The molecule has 1 rings (SSSR count). The number of likely N-dealkylation sites (N-methyl/N-ethyl adjacent to an activating group) is 1. The SMILES string of the molecule is CN(C)C1CN(C(=O)OC(C)(C)C)CCC1N. The summed E-state index contributed by atoms with van der Waals surface area (Å²) >= 11 is 0. The summed E-state index contributed by atoms with van der Waals surface area (Å²) < 4.78 is 5.37. The summed E-state index contributed by atoms with van der Waals surface area (Å²) in [5, 5.41) is 0. The van der Waals surface area contributed by atoms with Crippen LogP contribution < -0.4 is 5.73 Å². The van der Waals surface area contributed by atoms with Crippen LogP contribution in [-0.2, 0) is 4.74 Å². The lowest BCUT2D eigenvalue weighted by molar-refractivity contribution is 0.0118. The summed E-state index contributed by atoms with van der Waals surface area (Å²) in [6, 6.07) is 0.333. The monoisotopic (exact) mass is 243 g/mol. The summed E-state index contributed by atoms with van der Waals surface area (Å²) in [6.07, 6.45) is 0.582. The highest BCUT2D eigenvalue weighted by atomic mass is 16.6. The van der Waals surface area contributed by atoms with Crippen molar-refractivity contribution < 1.29 is 9.53 Å². The van der Waals surface area contributed by atoms with E-state index in [0.717, 1.165) is 6.42 Å². The molecule has 2 atom stereocenters. The molecule has 5 heteroatoms. The van der Waals surface area contributed by atoms with Gasteiger partial charge in [-0.1, -0.05) is 0 Å². The molecule has 5 nitrogen and oxygen atoms in total. The van der Waals surface area contributed by atoms with Crippen molar-refractivity contribution in [1.29, 1.82) is 0 Å². The lowest BCUT2D eigenvalue weighted by Gasteiger charge is -2.40. The minimum atomic E-state index is -0.440. The van der Waals surface area contributed by atoms with Crippen molar-refractivity contribution in [2.24, 2.45) is 5.73 Å². The fourth-order valence-corrected chi connectivity index (χ4v) is 1.99. The Hall–Kier alpha value is -0.810. The summed E-state index contributed by atoms with van der Waals surface area (Å²) in [7, 11) is 3.98. The molecule has 1 fully saturated rings. The molecular weight excluding hydrogens is 218 g/mol. The topological polar surface area (TPSA) is 58.8 Å². The first-order valence-corrected chi connectivity index (χ1v) is 6.10. The number of ether oxygens (including phenoxy) is 1. The molecule has 0 aromatic carbocycles. The first-order chi connectivity index (χ1) is 7.70. The number of amides is 1. The number of piperidine rings is 1. The van der Waals surface area contributed by atoms with Gasteiger partial charge >= 0.3 is 6.09 Å². The van der Waals surface area contributed by atoms with Crippen molar-refractivity contribution >= 4 is 6.09 Å². The van der Waals surface area contributed by atoms with Gasteiger partial charge in [0.05, 0.1) is 0 Å². The zero-order chi connectivity index (χ0) is 13.2. The van der Waals surface area contributed by atoms with Crippen LogP contribution in [0.1, 0.15) is 27.2 Å². The number of hydrogen-bond donors (Lipinski definition) is 1. The second-order valence-electron chi connectivity index (χ2n) is 5.91. The number of likely N-dealkylation sites (tertiary alicyclic amines) is 1. The molecule has 1 amide bonds. The normalized spacial score (nSPS) is 26.2. The van der Waals surface area contributed by atoms with Crippen LogP contribution in [0.3, 0.4) is 0 Å². The van der Waals surface area contributed by atoms with E-state index >= 15 is 0 Å². The van der Waals surface area contributed by atoms with Gasteiger partial charge in [0.2, 0.25) is 0 Å². The minimum Gasteiger partial charge on any atom is -0.444 e. The summed E-state index contributed by atoms with van der Waals surface area (Å²) in [4.78, 5) is 15.8. The fraction of sp³-hybridized carbons (Fsp3) is 0.917. The average molecular weight is 243 g/mol. The third-order valence-corrected chi connectivity index (χ3v) is 2.95. The van der Waals surface area contributed by atoms with Crippen LogP contribution in [0, 0.1) is 0 Å². The largest absolute Gasteiger partial charge is 0.444 e. The molecule has 0 radical (unpaired) electrons. The standard InChI is InChI=1S/C12H25N3O2/c1-12(2,3)17-11(16)15-7-6-9(13)10(8-15)14(4)5/h9-10H,6-8,13H2,1-5H3. The summed E-state index contributed by atoms with van der Waals surface area (Å²) in [5.74, 6) is 0. The highest BCUT2D eigenvalue weighted by Gasteiger charge is 2.32. The molecule has 0 spiro atoms. The molecule has 100 valence electrons. The molecule has 0 aromatic heterocycles. The van der Waals surface area contributed by atoms with E-state index in [9.17, 15) is 4.79 Å². The number of rotatable bonds is 1. The number of nitrogens with two attached hydrogens (primary N) is 1. The first-order valence-electron chi connectivity index (χ1n) is 6.10. The van der Waals surface area contributed by atoms with E-state index in [-0.39, 0.29) is 18.2 Å². The predicted octanol–water partition coefficient (Wildman–Crippen LogP) is 0.885. The van der Waals surface area contributed by atoms with Gasteiger partial charge in [-0.05, 0) is 41.3 Å². The molecule has 1 aliphatic heterocycles. The van der Waals surface area contributed by atoms with Crippen molar-refractivity contribution in [3.63, 3.8) is 0 Å². The first kappa shape index (κ1) is 14.3. The van der Waals surface area contributed by atoms with E-state index in [1.807, 2.05) is 34.9 Å². The van der Waals surface area contributed by atoms with Gasteiger partial charge in [-0.15, -0.1) is 0 Å². The Balaban J connectivity index is 2.59. The maximum atomic E-state index is 11.9. The van der Waals surface area contributed by atoms with Crippen LogP contribution in [0.4, 0.5) is 4.79 Å². The van der Waals surface area contributed by atoms with Crippen molar-refractivity contribution in [3.8, 4) is 0 Å². The van der Waals surface area contributed by atoms with Crippen LogP contribution >= 0.6 is 0 Å². The second-order valence-corrected chi connectivity index (χ2v) is 5.91. The van der Waals surface area contributed by atoms with E-state index in [0.29, 0.717) is 13.1 Å². The molecule has 1 aliphatic rings. The third-order valence-electron chi connectivity index (χ3n) is 2.95. The Bertz CT molecular complexity index is 273. The predicted molar refractivity (Wildman–Crippen MR) is 67.9 cm³/mol. The zero-order valence-electron chi connectivity index (χ0n) is 11.6. The lowest BCUT2D eigenvalue weighted by Crippen LogP contribution is -2.58. The highest BCUT2D eigenvalue weighted by Crippen LogP contribution is 2.16.